The first-order valence-electron chi connectivity index (χ1n) is 11.2. The summed E-state index contributed by atoms with van der Waals surface area (Å²) in [5, 5.41) is 0. The van der Waals surface area contributed by atoms with E-state index in [2.05, 4.69) is 0 Å². The Hall–Kier alpha value is -1.20. The topological polar surface area (TPSA) is 86.7 Å². The lowest BCUT2D eigenvalue weighted by molar-refractivity contribution is -0.867. The van der Waals surface area contributed by atoms with E-state index in [0.717, 1.165) is 34.2 Å². The number of quaternary nitrogens is 2. The number of esters is 2. The summed E-state index contributed by atoms with van der Waals surface area (Å²) < 4.78 is 36.7. The molecule has 32 heavy (non-hydrogen) atoms. The summed E-state index contributed by atoms with van der Waals surface area (Å²) in [4.78, 5) is 23.9. The Morgan fingerprint density at radius 3 is 1.28 bits per heavy atom. The van der Waals surface area contributed by atoms with E-state index >= 15 is 0 Å². The molecule has 0 aliphatic carbocycles. The average molecular weight is 495 g/mol. The molecule has 10 heteroatoms. The lowest BCUT2D eigenvalue weighted by Crippen LogP contribution is -2.37. The highest BCUT2D eigenvalue weighted by atomic mass is 31.1. The number of nitrogens with zero attached hydrogens (tertiary/aromatic N) is 2. The highest BCUT2D eigenvalue weighted by Crippen LogP contribution is 2.31. The molecule has 4 unspecified atom stereocenters. The van der Waals surface area contributed by atoms with Gasteiger partial charge in [-0.05, 0) is 12.8 Å². The molecule has 0 saturated heterocycles. The van der Waals surface area contributed by atoms with Gasteiger partial charge in [-0.15, -0.1) is 0 Å². The van der Waals surface area contributed by atoms with Crippen molar-refractivity contribution >= 4 is 27.5 Å². The van der Waals surface area contributed by atoms with Crippen LogP contribution in [-0.2, 0) is 28.2 Å². The number of carbonyl (C=O) groups excluding carboxylic acids is 2. The number of carbonyl (C=O) groups is 2. The Bertz CT molecular complexity index is 612. The van der Waals surface area contributed by atoms with Crippen LogP contribution in [0.5, 0.6) is 0 Å². The molecule has 0 spiro atoms. The third-order valence-corrected chi connectivity index (χ3v) is 8.87. The summed E-state index contributed by atoms with van der Waals surface area (Å²) in [6.45, 7) is 5.52. The second-order valence-electron chi connectivity index (χ2n) is 10.0. The van der Waals surface area contributed by atoms with Crippen molar-refractivity contribution in [2.45, 2.75) is 38.0 Å². The molecule has 0 aliphatic rings. The Morgan fingerprint density at radius 2 is 1.03 bits per heavy atom. The Kier molecular flexibility index (Phi) is 14.3. The molecule has 0 heterocycles. The number of rotatable bonds is 16. The molecule has 0 aromatic heterocycles. The zero-order valence-electron chi connectivity index (χ0n) is 21.2. The molecule has 0 radical (unpaired) electrons. The van der Waals surface area contributed by atoms with Gasteiger partial charge >= 0.3 is 27.5 Å². The molecule has 8 nitrogen and oxygen atoms in total. The molecule has 0 aromatic carbocycles. The van der Waals surface area contributed by atoms with Crippen molar-refractivity contribution in [1.82, 2.24) is 0 Å². The van der Waals surface area contributed by atoms with Gasteiger partial charge in [0.05, 0.1) is 42.3 Å². The number of hydrogen-bond donors (Lipinski definition) is 0. The molecule has 0 rings (SSSR count). The summed E-state index contributed by atoms with van der Waals surface area (Å²) >= 11 is 0. The summed E-state index contributed by atoms with van der Waals surface area (Å²) in [6.07, 6.45) is 4.49. The van der Waals surface area contributed by atoms with Gasteiger partial charge in [0.2, 0.25) is 0 Å². The van der Waals surface area contributed by atoms with Gasteiger partial charge in [-0.25, -0.2) is 9.59 Å². The molecular weight excluding hydrogens is 450 g/mol. The first-order valence-corrected chi connectivity index (χ1v) is 14.2. The Balaban J connectivity index is 4.46. The standard InChI is InChI=1S/C22H44N2O6P2/c1-9-19(31(27)15-13-23(3,4)5)17-29-21(25)11-12-22(26)30-18-20(10-2)32(28)16-14-24(6,7)8/h11-12,19-20H,9-10,13-18H2,1-8H3/q+4/b12-11+. The first-order chi connectivity index (χ1) is 14.7. The van der Waals surface area contributed by atoms with E-state index in [1.165, 1.54) is 0 Å². The van der Waals surface area contributed by atoms with Gasteiger partial charge in [-0.2, -0.15) is 0 Å². The minimum absolute atomic E-state index is 0.0612. The second-order valence-corrected chi connectivity index (χ2v) is 14.1. The molecule has 0 amide bonds. The lowest BCUT2D eigenvalue weighted by atomic mass is 10.3. The zero-order chi connectivity index (χ0) is 24.9. The van der Waals surface area contributed by atoms with Crippen LogP contribution in [0.2, 0.25) is 0 Å². The van der Waals surface area contributed by atoms with Crippen molar-refractivity contribution in [2.24, 2.45) is 0 Å². The van der Waals surface area contributed by atoms with Crippen molar-refractivity contribution in [1.29, 1.82) is 0 Å². The third-order valence-electron chi connectivity index (χ3n) is 4.93. The van der Waals surface area contributed by atoms with Crippen LogP contribution in [0.4, 0.5) is 0 Å². The van der Waals surface area contributed by atoms with Crippen molar-refractivity contribution < 1.29 is 37.2 Å². The van der Waals surface area contributed by atoms with Crippen LogP contribution in [0.3, 0.4) is 0 Å². The summed E-state index contributed by atoms with van der Waals surface area (Å²) in [5.74, 6) is -1.34. The van der Waals surface area contributed by atoms with E-state index in [9.17, 15) is 18.7 Å². The van der Waals surface area contributed by atoms with Crippen LogP contribution in [0.25, 0.3) is 0 Å². The van der Waals surface area contributed by atoms with Crippen LogP contribution in [0.1, 0.15) is 26.7 Å². The Labute approximate surface area is 196 Å². The SMILES string of the molecule is CCC(COC(=O)/C=C/C(=O)OCC(CC)[P+](=O)CC[N+](C)(C)C)[P+](=O)CC[N+](C)(C)C. The minimum atomic E-state index is -1.48. The van der Waals surface area contributed by atoms with Crippen molar-refractivity contribution in [3.63, 3.8) is 0 Å². The van der Waals surface area contributed by atoms with Gasteiger partial charge in [-0.3, -0.25) is 0 Å². The van der Waals surface area contributed by atoms with E-state index in [-0.39, 0.29) is 24.5 Å². The van der Waals surface area contributed by atoms with Gasteiger partial charge in [-0.1, -0.05) is 23.0 Å². The first kappa shape index (κ1) is 30.8. The predicted octanol–water partition coefficient (Wildman–Crippen LogP) is 3.25. The normalized spacial score (nSPS) is 15.2. The van der Waals surface area contributed by atoms with Gasteiger partial charge in [0.15, 0.2) is 23.6 Å². The molecule has 184 valence electrons. The zero-order valence-corrected chi connectivity index (χ0v) is 23.0. The van der Waals surface area contributed by atoms with E-state index in [1.807, 2.05) is 56.1 Å². The highest BCUT2D eigenvalue weighted by Gasteiger charge is 2.32. The van der Waals surface area contributed by atoms with Gasteiger partial charge in [0.25, 0.3) is 0 Å². The van der Waals surface area contributed by atoms with Crippen molar-refractivity contribution in [2.75, 3.05) is 80.9 Å². The summed E-state index contributed by atoms with van der Waals surface area (Å²) in [6, 6.07) is 0. The molecule has 0 saturated carbocycles. The molecule has 0 bridgehead atoms. The molecule has 4 atom stereocenters. The van der Waals surface area contributed by atoms with Gasteiger partial charge in [0, 0.05) is 12.2 Å². The van der Waals surface area contributed by atoms with Gasteiger partial charge in [0.1, 0.15) is 26.3 Å². The number of ether oxygens (including phenoxy) is 2. The van der Waals surface area contributed by atoms with Gasteiger partial charge < -0.3 is 18.4 Å². The fraction of sp³-hybridized carbons (Fsp3) is 0.818. The molecule has 0 fully saturated rings. The van der Waals surface area contributed by atoms with Crippen molar-refractivity contribution in [3.8, 4) is 0 Å². The maximum absolute atomic E-state index is 12.5. The monoisotopic (exact) mass is 494 g/mol. The molecular formula is C22H44N2O6P2+4. The van der Waals surface area contributed by atoms with E-state index in [1.54, 1.807) is 0 Å². The van der Waals surface area contributed by atoms with Crippen LogP contribution in [0.15, 0.2) is 12.2 Å². The van der Waals surface area contributed by atoms with E-state index < -0.39 is 27.5 Å². The van der Waals surface area contributed by atoms with E-state index in [4.69, 9.17) is 9.47 Å². The third kappa shape index (κ3) is 15.6. The van der Waals surface area contributed by atoms with Crippen LogP contribution in [0, 0.1) is 0 Å². The maximum atomic E-state index is 12.5. The smallest absolute Gasteiger partial charge is 0.351 e. The predicted molar refractivity (Wildman–Crippen MR) is 130 cm³/mol. The van der Waals surface area contributed by atoms with Crippen LogP contribution in [-0.4, -0.2) is 113 Å². The molecule has 0 aliphatic heterocycles. The van der Waals surface area contributed by atoms with Crippen LogP contribution < -0.4 is 0 Å². The lowest BCUT2D eigenvalue weighted by Gasteiger charge is -2.21. The van der Waals surface area contributed by atoms with E-state index in [0.29, 0.717) is 25.2 Å². The number of hydrogen-bond acceptors (Lipinski definition) is 6. The Morgan fingerprint density at radius 1 is 0.719 bits per heavy atom. The maximum Gasteiger partial charge on any atom is 0.351 e. The quantitative estimate of drug-likeness (QED) is 0.142. The highest BCUT2D eigenvalue weighted by molar-refractivity contribution is 7.45. The largest absolute Gasteiger partial charge is 0.458 e. The average Bonchev–Trinajstić information content (AvgIpc) is 2.68. The minimum Gasteiger partial charge on any atom is -0.458 e. The fourth-order valence-electron chi connectivity index (χ4n) is 2.56. The molecule has 0 N–H and O–H groups in total. The van der Waals surface area contributed by atoms with Crippen molar-refractivity contribution in [3.05, 3.63) is 12.2 Å². The summed E-state index contributed by atoms with van der Waals surface area (Å²) in [5.41, 5.74) is -0.400. The molecule has 0 aromatic rings. The second kappa shape index (κ2) is 14.8. The fourth-order valence-corrected chi connectivity index (χ4v) is 6.18. The van der Waals surface area contributed by atoms with Crippen LogP contribution >= 0.6 is 15.6 Å². The summed E-state index contributed by atoms with van der Waals surface area (Å²) in [7, 11) is 9.29.